The van der Waals surface area contributed by atoms with Gasteiger partial charge in [-0.2, -0.15) is 0 Å². The van der Waals surface area contributed by atoms with Crippen LogP contribution in [0.5, 0.6) is 0 Å². The molecule has 2 heterocycles. The molecule has 0 radical (unpaired) electrons. The first kappa shape index (κ1) is 16.0. The van der Waals surface area contributed by atoms with Crippen molar-refractivity contribution in [3.8, 4) is 10.6 Å². The van der Waals surface area contributed by atoms with E-state index in [1.807, 2.05) is 6.92 Å². The lowest BCUT2D eigenvalue weighted by Gasteiger charge is -2.10. The summed E-state index contributed by atoms with van der Waals surface area (Å²) in [6.07, 6.45) is 1.52. The third-order valence-corrected chi connectivity index (χ3v) is 6.21. The maximum absolute atomic E-state index is 12.7. The van der Waals surface area contributed by atoms with Crippen LogP contribution in [0.1, 0.15) is 10.4 Å². The summed E-state index contributed by atoms with van der Waals surface area (Å²) < 4.78 is 33.0. The fourth-order valence-electron chi connectivity index (χ4n) is 2.10. The first-order valence-electron chi connectivity index (χ1n) is 6.67. The molecule has 1 aromatic carbocycles. The Kier molecular flexibility index (Phi) is 4.18. The topological polar surface area (TPSA) is 72.2 Å². The van der Waals surface area contributed by atoms with Crippen molar-refractivity contribution in [3.05, 3.63) is 52.0 Å². The molecule has 23 heavy (non-hydrogen) atoms. The molecule has 2 aromatic heterocycles. The number of benzene rings is 1. The van der Waals surface area contributed by atoms with E-state index in [4.69, 9.17) is 16.1 Å². The monoisotopic (exact) mass is 368 g/mol. The molecule has 120 valence electrons. The molecule has 3 rings (SSSR count). The molecule has 0 saturated heterocycles. The predicted octanol–water partition coefficient (Wildman–Crippen LogP) is 4.47. The van der Waals surface area contributed by atoms with E-state index in [1.165, 1.54) is 17.5 Å². The number of thiophene rings is 1. The third kappa shape index (κ3) is 3.26. The summed E-state index contributed by atoms with van der Waals surface area (Å²) >= 11 is 7.28. The maximum Gasteiger partial charge on any atom is 0.263 e. The number of sulfonamides is 1. The van der Waals surface area contributed by atoms with Gasteiger partial charge in [0.15, 0.2) is 5.76 Å². The van der Waals surface area contributed by atoms with Crippen molar-refractivity contribution in [2.75, 3.05) is 4.72 Å². The fraction of sp³-hybridized carbons (Fsp3) is 0.133. The number of hydrogen-bond donors (Lipinski definition) is 1. The minimum Gasteiger partial charge on any atom is -0.355 e. The lowest BCUT2D eigenvalue weighted by atomic mass is 10.2. The smallest absolute Gasteiger partial charge is 0.263 e. The Hall–Kier alpha value is -1.83. The molecular formula is C15H13ClN2O3S2. The van der Waals surface area contributed by atoms with Crippen LogP contribution in [-0.4, -0.2) is 13.6 Å². The number of rotatable bonds is 4. The van der Waals surface area contributed by atoms with Crippen LogP contribution in [0.4, 0.5) is 5.69 Å². The number of nitrogens with zero attached hydrogens (tertiary/aromatic N) is 1. The largest absolute Gasteiger partial charge is 0.355 e. The molecule has 1 N–H and O–H groups in total. The van der Waals surface area contributed by atoms with Gasteiger partial charge in [-0.25, -0.2) is 8.42 Å². The minimum atomic E-state index is -3.71. The van der Waals surface area contributed by atoms with E-state index in [1.54, 1.807) is 37.3 Å². The third-order valence-electron chi connectivity index (χ3n) is 3.29. The second-order valence-electron chi connectivity index (χ2n) is 4.97. The Labute approximate surface area is 142 Å². The number of nitrogens with one attached hydrogen (secondary N) is 1. The van der Waals surface area contributed by atoms with Gasteiger partial charge >= 0.3 is 0 Å². The van der Waals surface area contributed by atoms with E-state index in [2.05, 4.69) is 9.88 Å². The van der Waals surface area contributed by atoms with Crippen LogP contribution < -0.4 is 4.72 Å². The highest BCUT2D eigenvalue weighted by Gasteiger charge is 2.22. The van der Waals surface area contributed by atoms with Gasteiger partial charge in [0.1, 0.15) is 4.90 Å². The van der Waals surface area contributed by atoms with Crippen molar-refractivity contribution in [2.45, 2.75) is 18.7 Å². The molecule has 0 spiro atoms. The Bertz CT molecular complexity index is 947. The van der Waals surface area contributed by atoms with Gasteiger partial charge in [-0.1, -0.05) is 22.8 Å². The molecule has 0 saturated carbocycles. The van der Waals surface area contributed by atoms with Crippen molar-refractivity contribution < 1.29 is 12.9 Å². The summed E-state index contributed by atoms with van der Waals surface area (Å²) in [5.74, 6) is 0.540. The number of anilines is 1. The van der Waals surface area contributed by atoms with E-state index in [9.17, 15) is 8.42 Å². The summed E-state index contributed by atoms with van der Waals surface area (Å²) in [4.78, 5) is 1.60. The first-order valence-corrected chi connectivity index (χ1v) is 9.35. The van der Waals surface area contributed by atoms with E-state index in [0.717, 1.165) is 5.56 Å². The second kappa shape index (κ2) is 5.99. The highest BCUT2D eigenvalue weighted by Crippen LogP contribution is 2.34. The Morgan fingerprint density at radius 1 is 1.22 bits per heavy atom. The second-order valence-corrected chi connectivity index (χ2v) is 8.32. The van der Waals surface area contributed by atoms with Crippen LogP contribution in [-0.2, 0) is 10.0 Å². The number of aryl methyl sites for hydroxylation is 2. The highest BCUT2D eigenvalue weighted by atomic mass is 35.5. The lowest BCUT2D eigenvalue weighted by Crippen LogP contribution is -2.13. The van der Waals surface area contributed by atoms with Gasteiger partial charge in [0.2, 0.25) is 0 Å². The van der Waals surface area contributed by atoms with Gasteiger partial charge in [0, 0.05) is 16.0 Å². The Morgan fingerprint density at radius 3 is 2.70 bits per heavy atom. The van der Waals surface area contributed by atoms with Crippen LogP contribution in [0.15, 0.2) is 45.9 Å². The van der Waals surface area contributed by atoms with Gasteiger partial charge in [0.05, 0.1) is 16.8 Å². The van der Waals surface area contributed by atoms with Gasteiger partial charge in [-0.3, -0.25) is 4.72 Å². The highest BCUT2D eigenvalue weighted by molar-refractivity contribution is 7.93. The van der Waals surface area contributed by atoms with E-state index in [-0.39, 0.29) is 4.90 Å². The van der Waals surface area contributed by atoms with Crippen molar-refractivity contribution in [1.29, 1.82) is 0 Å². The average Bonchev–Trinajstić information content (AvgIpc) is 3.11. The number of aromatic nitrogens is 1. The maximum atomic E-state index is 12.7. The molecular weight excluding hydrogens is 356 g/mol. The molecule has 8 heteroatoms. The standard InChI is InChI=1S/C15H13ClN2O3S2/c1-9-3-4-11(16)7-12(9)18-23(19,20)15-8-14(22-10(15)2)13-5-6-17-21-13/h3-8,18H,1-2H3. The molecule has 0 aliphatic carbocycles. The summed E-state index contributed by atoms with van der Waals surface area (Å²) in [5.41, 5.74) is 1.26. The van der Waals surface area contributed by atoms with E-state index >= 15 is 0 Å². The zero-order valence-electron chi connectivity index (χ0n) is 12.3. The molecule has 0 atom stereocenters. The van der Waals surface area contributed by atoms with Crippen molar-refractivity contribution in [3.63, 3.8) is 0 Å². The van der Waals surface area contributed by atoms with Gasteiger partial charge in [-0.05, 0) is 37.6 Å². The Morgan fingerprint density at radius 2 is 2.00 bits per heavy atom. The van der Waals surface area contributed by atoms with Crippen LogP contribution in [0, 0.1) is 13.8 Å². The van der Waals surface area contributed by atoms with Crippen molar-refractivity contribution in [2.24, 2.45) is 0 Å². The van der Waals surface area contributed by atoms with Gasteiger partial charge in [0.25, 0.3) is 10.0 Å². The summed E-state index contributed by atoms with van der Waals surface area (Å²) in [5, 5.41) is 4.11. The lowest BCUT2D eigenvalue weighted by molar-refractivity contribution is 0.433. The van der Waals surface area contributed by atoms with Crippen molar-refractivity contribution >= 4 is 38.6 Å². The zero-order valence-corrected chi connectivity index (χ0v) is 14.7. The van der Waals surface area contributed by atoms with Crippen LogP contribution >= 0.6 is 22.9 Å². The predicted molar refractivity (Wildman–Crippen MR) is 91.6 cm³/mol. The Balaban J connectivity index is 1.98. The fourth-order valence-corrected chi connectivity index (χ4v) is 4.94. The molecule has 0 unspecified atom stereocenters. The van der Waals surface area contributed by atoms with Crippen LogP contribution in [0.2, 0.25) is 5.02 Å². The summed E-state index contributed by atoms with van der Waals surface area (Å²) in [6.45, 7) is 3.57. The quantitative estimate of drug-likeness (QED) is 0.737. The molecule has 5 nitrogen and oxygen atoms in total. The molecule has 0 aliphatic heterocycles. The van der Waals surface area contributed by atoms with Crippen molar-refractivity contribution in [1.82, 2.24) is 5.16 Å². The number of halogens is 1. The van der Waals surface area contributed by atoms with E-state index in [0.29, 0.717) is 26.2 Å². The average molecular weight is 369 g/mol. The van der Waals surface area contributed by atoms with Gasteiger partial charge in [-0.15, -0.1) is 11.3 Å². The summed E-state index contributed by atoms with van der Waals surface area (Å²) in [6, 6.07) is 8.35. The molecule has 3 aromatic rings. The van der Waals surface area contributed by atoms with Crippen LogP contribution in [0.3, 0.4) is 0 Å². The van der Waals surface area contributed by atoms with Gasteiger partial charge < -0.3 is 4.52 Å². The zero-order chi connectivity index (χ0) is 16.6. The SMILES string of the molecule is Cc1ccc(Cl)cc1NS(=O)(=O)c1cc(-c2ccno2)sc1C. The molecule has 0 amide bonds. The number of hydrogen-bond acceptors (Lipinski definition) is 5. The molecule has 0 bridgehead atoms. The first-order chi connectivity index (χ1) is 10.9. The molecule has 0 fully saturated rings. The molecule has 0 aliphatic rings. The van der Waals surface area contributed by atoms with Crippen LogP contribution in [0.25, 0.3) is 10.6 Å². The minimum absolute atomic E-state index is 0.216. The van der Waals surface area contributed by atoms with E-state index < -0.39 is 10.0 Å². The summed E-state index contributed by atoms with van der Waals surface area (Å²) in [7, 11) is -3.71. The normalized spacial score (nSPS) is 11.6.